The molecule has 0 unspecified atom stereocenters. The molecule has 120 valence electrons. The largest absolute Gasteiger partial charge is 0.469 e. The van der Waals surface area contributed by atoms with E-state index in [1.165, 1.54) is 19.2 Å². The number of esters is 1. The number of allylic oxidation sites excluding steroid dienone is 1. The lowest BCUT2D eigenvalue weighted by molar-refractivity contribution is -0.158. The number of carbonyl (C=O) groups is 1. The van der Waals surface area contributed by atoms with Crippen LogP contribution < -0.4 is 0 Å². The number of ether oxygens (including phenoxy) is 1. The van der Waals surface area contributed by atoms with E-state index in [9.17, 15) is 18.3 Å². The van der Waals surface area contributed by atoms with Crippen molar-refractivity contribution in [2.75, 3.05) is 7.11 Å². The normalized spacial score (nSPS) is 24.9. The molecule has 1 saturated carbocycles. The Hall–Kier alpha value is -1.66. The molecule has 0 radical (unpaired) electrons. The maximum absolute atomic E-state index is 12.5. The molecule has 5 nitrogen and oxygen atoms in total. The fourth-order valence-corrected chi connectivity index (χ4v) is 4.28. The molecule has 0 amide bonds. The van der Waals surface area contributed by atoms with Crippen LogP contribution in [0, 0.1) is 5.41 Å². The van der Waals surface area contributed by atoms with Crippen molar-refractivity contribution in [2.45, 2.75) is 36.7 Å². The van der Waals surface area contributed by atoms with E-state index in [1.54, 1.807) is 18.2 Å². The first kappa shape index (κ1) is 16.7. The van der Waals surface area contributed by atoms with Crippen LogP contribution in [0.3, 0.4) is 0 Å². The van der Waals surface area contributed by atoms with Gasteiger partial charge >= 0.3 is 5.97 Å². The number of hydrogen-bond donors (Lipinski definition) is 1. The number of methoxy groups -OCH3 is 1. The summed E-state index contributed by atoms with van der Waals surface area (Å²) in [5.74, 6) is -0.582. The Morgan fingerprint density at radius 2 is 2.05 bits per heavy atom. The monoisotopic (exact) mass is 324 g/mol. The SMILES string of the molecule is C=C(C[C@]1(C(=O)OC)CCC[C@H]1O)S(=O)(=O)c1ccccc1. The molecule has 1 aromatic rings. The summed E-state index contributed by atoms with van der Waals surface area (Å²) in [5.41, 5.74) is -1.21. The van der Waals surface area contributed by atoms with E-state index in [4.69, 9.17) is 4.74 Å². The number of aliphatic hydroxyl groups is 1. The van der Waals surface area contributed by atoms with Crippen molar-refractivity contribution in [3.05, 3.63) is 41.8 Å². The van der Waals surface area contributed by atoms with Crippen molar-refractivity contribution in [3.8, 4) is 0 Å². The van der Waals surface area contributed by atoms with Gasteiger partial charge in [-0.25, -0.2) is 8.42 Å². The molecule has 0 heterocycles. The summed E-state index contributed by atoms with van der Waals surface area (Å²) < 4.78 is 29.9. The molecule has 0 bridgehead atoms. The van der Waals surface area contributed by atoms with Crippen LogP contribution in [0.25, 0.3) is 0 Å². The number of aliphatic hydroxyl groups excluding tert-OH is 1. The van der Waals surface area contributed by atoms with Crippen molar-refractivity contribution in [3.63, 3.8) is 0 Å². The molecular formula is C16H20O5S. The Bertz CT molecular complexity index is 665. The zero-order chi connectivity index (χ0) is 16.4. The first-order chi connectivity index (χ1) is 10.3. The standard InChI is InChI=1S/C16H20O5S/c1-12(22(19,20)13-7-4-3-5-8-13)11-16(15(18)21-2)10-6-9-14(16)17/h3-5,7-8,14,17H,1,6,9-11H2,2H3/t14-,16-/m1/s1. The summed E-state index contributed by atoms with van der Waals surface area (Å²) in [6, 6.07) is 7.94. The van der Waals surface area contributed by atoms with Crippen LogP contribution in [0.5, 0.6) is 0 Å². The quantitative estimate of drug-likeness (QED) is 0.839. The van der Waals surface area contributed by atoms with Gasteiger partial charge in [-0.05, 0) is 31.4 Å². The maximum atomic E-state index is 12.5. The lowest BCUT2D eigenvalue weighted by Gasteiger charge is -2.30. The highest BCUT2D eigenvalue weighted by Crippen LogP contribution is 2.45. The Morgan fingerprint density at radius 1 is 1.41 bits per heavy atom. The molecule has 1 aliphatic rings. The first-order valence-electron chi connectivity index (χ1n) is 7.09. The molecule has 6 heteroatoms. The second kappa shape index (κ2) is 6.22. The molecular weight excluding hydrogens is 304 g/mol. The molecule has 0 saturated heterocycles. The van der Waals surface area contributed by atoms with E-state index in [0.29, 0.717) is 19.3 Å². The van der Waals surface area contributed by atoms with Gasteiger partial charge in [0.05, 0.1) is 23.5 Å². The number of hydrogen-bond acceptors (Lipinski definition) is 5. The molecule has 0 aliphatic heterocycles. The van der Waals surface area contributed by atoms with Crippen molar-refractivity contribution >= 4 is 15.8 Å². The predicted molar refractivity (Wildman–Crippen MR) is 81.7 cm³/mol. The number of sulfone groups is 1. The summed E-state index contributed by atoms with van der Waals surface area (Å²) in [7, 11) is -2.50. The minimum absolute atomic E-state index is 0.0787. The van der Waals surface area contributed by atoms with Gasteiger partial charge in [0.1, 0.15) is 0 Å². The molecule has 1 N–H and O–H groups in total. The minimum atomic E-state index is -3.74. The lowest BCUT2D eigenvalue weighted by Crippen LogP contribution is -2.40. The van der Waals surface area contributed by atoms with Gasteiger partial charge < -0.3 is 9.84 Å². The van der Waals surface area contributed by atoms with E-state index in [1.807, 2.05) is 0 Å². The number of benzene rings is 1. The molecule has 0 aromatic heterocycles. The van der Waals surface area contributed by atoms with Gasteiger partial charge in [0, 0.05) is 11.3 Å². The van der Waals surface area contributed by atoms with Gasteiger partial charge in [-0.1, -0.05) is 24.8 Å². The zero-order valence-electron chi connectivity index (χ0n) is 12.5. The second-order valence-electron chi connectivity index (χ2n) is 5.59. The Morgan fingerprint density at radius 3 is 2.55 bits per heavy atom. The van der Waals surface area contributed by atoms with Crippen LogP contribution in [-0.4, -0.2) is 32.7 Å². The van der Waals surface area contributed by atoms with Crippen molar-refractivity contribution in [1.29, 1.82) is 0 Å². The third kappa shape index (κ3) is 2.80. The van der Waals surface area contributed by atoms with Gasteiger partial charge in [0.2, 0.25) is 9.84 Å². The van der Waals surface area contributed by atoms with Crippen LogP contribution in [0.4, 0.5) is 0 Å². The van der Waals surface area contributed by atoms with Gasteiger partial charge in [-0.2, -0.15) is 0 Å². The van der Waals surface area contributed by atoms with Crippen molar-refractivity contribution < 1.29 is 23.1 Å². The Labute approximate surface area is 130 Å². The van der Waals surface area contributed by atoms with Crippen LogP contribution >= 0.6 is 0 Å². The Kier molecular flexibility index (Phi) is 4.72. The molecule has 1 aliphatic carbocycles. The molecule has 22 heavy (non-hydrogen) atoms. The van der Waals surface area contributed by atoms with E-state index in [2.05, 4.69) is 6.58 Å². The topological polar surface area (TPSA) is 80.7 Å². The molecule has 1 aromatic carbocycles. The third-order valence-corrected chi connectivity index (χ3v) is 6.07. The molecule has 1 fully saturated rings. The summed E-state index contributed by atoms with van der Waals surface area (Å²) in [6.45, 7) is 3.66. The van der Waals surface area contributed by atoms with E-state index < -0.39 is 27.3 Å². The van der Waals surface area contributed by atoms with Gasteiger partial charge in [0.15, 0.2) is 0 Å². The fraction of sp³-hybridized carbons (Fsp3) is 0.438. The van der Waals surface area contributed by atoms with Crippen molar-refractivity contribution in [1.82, 2.24) is 0 Å². The summed E-state index contributed by atoms with van der Waals surface area (Å²) in [5, 5.41) is 10.2. The van der Waals surface area contributed by atoms with Crippen LogP contribution in [0.1, 0.15) is 25.7 Å². The van der Waals surface area contributed by atoms with Gasteiger partial charge in [0.25, 0.3) is 0 Å². The highest BCUT2D eigenvalue weighted by molar-refractivity contribution is 7.95. The smallest absolute Gasteiger partial charge is 0.314 e. The summed E-state index contributed by atoms with van der Waals surface area (Å²) in [6.07, 6.45) is 0.452. The van der Waals surface area contributed by atoms with Crippen LogP contribution in [0.2, 0.25) is 0 Å². The van der Waals surface area contributed by atoms with E-state index in [0.717, 1.165) is 0 Å². The highest BCUT2D eigenvalue weighted by Gasteiger charge is 2.50. The van der Waals surface area contributed by atoms with E-state index >= 15 is 0 Å². The van der Waals surface area contributed by atoms with Gasteiger partial charge in [-0.15, -0.1) is 0 Å². The second-order valence-corrected chi connectivity index (χ2v) is 7.64. The molecule has 2 atom stereocenters. The first-order valence-corrected chi connectivity index (χ1v) is 8.57. The number of rotatable bonds is 5. The maximum Gasteiger partial charge on any atom is 0.314 e. The third-order valence-electron chi connectivity index (χ3n) is 4.28. The molecule has 0 spiro atoms. The average Bonchev–Trinajstić information content (AvgIpc) is 2.89. The van der Waals surface area contributed by atoms with Crippen molar-refractivity contribution in [2.24, 2.45) is 5.41 Å². The van der Waals surface area contributed by atoms with E-state index in [-0.39, 0.29) is 16.2 Å². The fourth-order valence-electron chi connectivity index (χ4n) is 2.99. The summed E-state index contributed by atoms with van der Waals surface area (Å²) >= 11 is 0. The van der Waals surface area contributed by atoms with Gasteiger partial charge in [-0.3, -0.25) is 4.79 Å². The Balaban J connectivity index is 2.32. The average molecular weight is 324 g/mol. The zero-order valence-corrected chi connectivity index (χ0v) is 13.3. The summed E-state index contributed by atoms with van der Waals surface area (Å²) in [4.78, 5) is 12.2. The lowest BCUT2D eigenvalue weighted by atomic mass is 9.80. The predicted octanol–water partition coefficient (Wildman–Crippen LogP) is 2.07. The van der Waals surface area contributed by atoms with Crippen LogP contribution in [-0.2, 0) is 19.4 Å². The minimum Gasteiger partial charge on any atom is -0.469 e. The number of carbonyl (C=O) groups excluding carboxylic acids is 1. The highest BCUT2D eigenvalue weighted by atomic mass is 32.2. The molecule has 2 rings (SSSR count). The van der Waals surface area contributed by atoms with Crippen LogP contribution in [0.15, 0.2) is 46.7 Å².